The summed E-state index contributed by atoms with van der Waals surface area (Å²) >= 11 is 5.59. The second-order valence-electron chi connectivity index (χ2n) is 3.23. The monoisotopic (exact) mass is 225 g/mol. The van der Waals surface area contributed by atoms with Gasteiger partial charge < -0.3 is 5.73 Å². The first kappa shape index (κ1) is 9.98. The summed E-state index contributed by atoms with van der Waals surface area (Å²) < 4.78 is 14.7. The van der Waals surface area contributed by atoms with Gasteiger partial charge in [0.1, 0.15) is 5.82 Å². The summed E-state index contributed by atoms with van der Waals surface area (Å²) in [7, 11) is 0. The van der Waals surface area contributed by atoms with Gasteiger partial charge in [-0.25, -0.2) is 9.07 Å². The second kappa shape index (κ2) is 3.55. The van der Waals surface area contributed by atoms with Crippen LogP contribution < -0.4 is 5.73 Å². The van der Waals surface area contributed by atoms with Gasteiger partial charge in [0, 0.05) is 12.3 Å². The Labute approximate surface area is 91.3 Å². The molecule has 1 aromatic carbocycles. The Morgan fingerprint density at radius 3 is 2.80 bits per heavy atom. The molecule has 0 aliphatic rings. The zero-order valence-electron chi connectivity index (χ0n) is 8.04. The maximum absolute atomic E-state index is 13.2. The quantitative estimate of drug-likeness (QED) is 0.758. The Morgan fingerprint density at radius 2 is 2.20 bits per heavy atom. The van der Waals surface area contributed by atoms with Gasteiger partial charge in [-0.15, -0.1) is 0 Å². The zero-order valence-corrected chi connectivity index (χ0v) is 8.79. The van der Waals surface area contributed by atoms with E-state index in [0.29, 0.717) is 11.4 Å². The van der Waals surface area contributed by atoms with E-state index < -0.39 is 5.82 Å². The molecular formula is C10H9ClFN3. The van der Waals surface area contributed by atoms with Crippen molar-refractivity contribution in [2.45, 2.75) is 6.92 Å². The van der Waals surface area contributed by atoms with Crippen molar-refractivity contribution >= 4 is 17.3 Å². The highest BCUT2D eigenvalue weighted by Crippen LogP contribution is 2.24. The van der Waals surface area contributed by atoms with E-state index in [-0.39, 0.29) is 5.02 Å². The van der Waals surface area contributed by atoms with Crippen LogP contribution in [0.5, 0.6) is 0 Å². The van der Waals surface area contributed by atoms with Gasteiger partial charge in [0.15, 0.2) is 0 Å². The fourth-order valence-corrected chi connectivity index (χ4v) is 1.47. The van der Waals surface area contributed by atoms with Gasteiger partial charge in [-0.05, 0) is 19.1 Å². The number of nitrogen functional groups attached to an aromatic ring is 1. The molecule has 5 heteroatoms. The Kier molecular flexibility index (Phi) is 2.36. The van der Waals surface area contributed by atoms with Gasteiger partial charge in [0.05, 0.1) is 22.1 Å². The smallest absolute Gasteiger partial charge is 0.144 e. The molecule has 0 bridgehead atoms. The summed E-state index contributed by atoms with van der Waals surface area (Å²) in [6.07, 6.45) is 1.72. The number of hydrogen-bond donors (Lipinski definition) is 1. The number of nitrogens with two attached hydrogens (primary N) is 1. The largest absolute Gasteiger partial charge is 0.397 e. The average Bonchev–Trinajstić information content (AvgIpc) is 2.58. The second-order valence-corrected chi connectivity index (χ2v) is 3.63. The third-order valence-electron chi connectivity index (χ3n) is 2.04. The van der Waals surface area contributed by atoms with Crippen LogP contribution in [0, 0.1) is 12.7 Å². The summed E-state index contributed by atoms with van der Waals surface area (Å²) in [5, 5.41) is 4.15. The third kappa shape index (κ3) is 1.80. The average molecular weight is 226 g/mol. The number of anilines is 1. The lowest BCUT2D eigenvalue weighted by Gasteiger charge is -2.06. The van der Waals surface area contributed by atoms with E-state index in [1.807, 2.05) is 13.0 Å². The molecule has 0 aliphatic carbocycles. The van der Waals surface area contributed by atoms with Crippen LogP contribution in [0.3, 0.4) is 0 Å². The normalized spacial score (nSPS) is 10.6. The number of halogens is 2. The zero-order chi connectivity index (χ0) is 11.0. The first-order chi connectivity index (χ1) is 7.08. The van der Waals surface area contributed by atoms with E-state index >= 15 is 0 Å². The predicted molar refractivity (Wildman–Crippen MR) is 57.7 cm³/mol. The van der Waals surface area contributed by atoms with Crippen molar-refractivity contribution in [1.29, 1.82) is 0 Å². The fraction of sp³-hybridized carbons (Fsp3) is 0.100. The molecule has 0 radical (unpaired) electrons. The minimum atomic E-state index is -0.506. The van der Waals surface area contributed by atoms with Crippen LogP contribution in [0.1, 0.15) is 5.69 Å². The van der Waals surface area contributed by atoms with Crippen LogP contribution in [-0.4, -0.2) is 9.78 Å². The van der Waals surface area contributed by atoms with Crippen LogP contribution in [0.4, 0.5) is 10.1 Å². The van der Waals surface area contributed by atoms with E-state index in [2.05, 4.69) is 5.10 Å². The van der Waals surface area contributed by atoms with Crippen LogP contribution in [-0.2, 0) is 0 Å². The first-order valence-corrected chi connectivity index (χ1v) is 4.73. The standard InChI is InChI=1S/C10H9ClFN3/c1-6-2-3-15(14-6)10-5-8(12)7(11)4-9(10)13/h2-5H,13H2,1H3. The molecule has 2 N–H and O–H groups in total. The third-order valence-corrected chi connectivity index (χ3v) is 2.33. The van der Waals surface area contributed by atoms with Gasteiger partial charge in [-0.3, -0.25) is 0 Å². The Balaban J connectivity index is 2.58. The predicted octanol–water partition coefficient (Wildman–Crippen LogP) is 2.56. The van der Waals surface area contributed by atoms with Crippen molar-refractivity contribution in [1.82, 2.24) is 9.78 Å². The number of nitrogens with zero attached hydrogens (tertiary/aromatic N) is 2. The molecule has 0 amide bonds. The summed E-state index contributed by atoms with van der Waals surface area (Å²) in [6.45, 7) is 1.85. The Morgan fingerprint density at radius 1 is 1.47 bits per heavy atom. The lowest BCUT2D eigenvalue weighted by atomic mass is 10.2. The summed E-state index contributed by atoms with van der Waals surface area (Å²) in [5.74, 6) is -0.506. The molecule has 2 aromatic rings. The van der Waals surface area contributed by atoms with Crippen molar-refractivity contribution in [3.63, 3.8) is 0 Å². The minimum absolute atomic E-state index is 0.0140. The van der Waals surface area contributed by atoms with Crippen molar-refractivity contribution < 1.29 is 4.39 Å². The van der Waals surface area contributed by atoms with E-state index in [0.717, 1.165) is 5.69 Å². The lowest BCUT2D eigenvalue weighted by Crippen LogP contribution is -2.01. The van der Waals surface area contributed by atoms with Crippen molar-refractivity contribution in [3.05, 3.63) is 40.9 Å². The molecule has 0 saturated heterocycles. The van der Waals surface area contributed by atoms with E-state index in [1.54, 1.807) is 6.20 Å². The highest BCUT2D eigenvalue weighted by molar-refractivity contribution is 6.31. The van der Waals surface area contributed by atoms with E-state index in [1.165, 1.54) is 16.8 Å². The molecule has 0 saturated carbocycles. The number of aryl methyl sites for hydroxylation is 1. The lowest BCUT2D eigenvalue weighted by molar-refractivity contribution is 0.626. The van der Waals surface area contributed by atoms with Crippen LogP contribution in [0.25, 0.3) is 5.69 Å². The van der Waals surface area contributed by atoms with Gasteiger partial charge in [-0.2, -0.15) is 5.10 Å². The number of rotatable bonds is 1. The van der Waals surface area contributed by atoms with Crippen molar-refractivity contribution in [2.24, 2.45) is 0 Å². The molecule has 0 unspecified atom stereocenters. The van der Waals surface area contributed by atoms with Crippen LogP contribution >= 0.6 is 11.6 Å². The maximum Gasteiger partial charge on any atom is 0.144 e. The molecule has 0 spiro atoms. The highest BCUT2D eigenvalue weighted by atomic mass is 35.5. The number of hydrogen-bond acceptors (Lipinski definition) is 2. The van der Waals surface area contributed by atoms with Gasteiger partial charge in [-0.1, -0.05) is 11.6 Å². The summed E-state index contributed by atoms with van der Waals surface area (Å²) in [5.41, 5.74) is 7.44. The molecular weight excluding hydrogens is 217 g/mol. The van der Waals surface area contributed by atoms with Gasteiger partial charge >= 0.3 is 0 Å². The fourth-order valence-electron chi connectivity index (χ4n) is 1.30. The van der Waals surface area contributed by atoms with Crippen molar-refractivity contribution in [3.8, 4) is 5.69 Å². The number of aromatic nitrogens is 2. The first-order valence-electron chi connectivity index (χ1n) is 4.35. The molecule has 78 valence electrons. The van der Waals surface area contributed by atoms with Gasteiger partial charge in [0.2, 0.25) is 0 Å². The van der Waals surface area contributed by atoms with Crippen molar-refractivity contribution in [2.75, 3.05) is 5.73 Å². The topological polar surface area (TPSA) is 43.8 Å². The van der Waals surface area contributed by atoms with Crippen LogP contribution in [0.15, 0.2) is 24.4 Å². The highest BCUT2D eigenvalue weighted by Gasteiger charge is 2.08. The molecule has 0 fully saturated rings. The minimum Gasteiger partial charge on any atom is -0.397 e. The van der Waals surface area contributed by atoms with E-state index in [4.69, 9.17) is 17.3 Å². The molecule has 0 aliphatic heterocycles. The van der Waals surface area contributed by atoms with Crippen LogP contribution in [0.2, 0.25) is 5.02 Å². The van der Waals surface area contributed by atoms with Gasteiger partial charge in [0.25, 0.3) is 0 Å². The molecule has 1 aromatic heterocycles. The number of benzene rings is 1. The maximum atomic E-state index is 13.2. The Hall–Kier alpha value is -1.55. The molecule has 2 rings (SSSR count). The molecule has 1 heterocycles. The summed E-state index contributed by atoms with van der Waals surface area (Å²) in [4.78, 5) is 0. The summed E-state index contributed by atoms with van der Waals surface area (Å²) in [6, 6.07) is 4.46. The Bertz CT molecular complexity index is 507. The molecule has 0 atom stereocenters. The SMILES string of the molecule is Cc1ccn(-c2cc(F)c(Cl)cc2N)n1. The van der Waals surface area contributed by atoms with E-state index in [9.17, 15) is 4.39 Å². The molecule has 15 heavy (non-hydrogen) atoms. The molecule has 3 nitrogen and oxygen atoms in total.